The van der Waals surface area contributed by atoms with Crippen LogP contribution in [0.25, 0.3) is 11.0 Å². The highest BCUT2D eigenvalue weighted by molar-refractivity contribution is 7.09. The van der Waals surface area contributed by atoms with Gasteiger partial charge in [-0.1, -0.05) is 30.3 Å². The van der Waals surface area contributed by atoms with Gasteiger partial charge in [-0.2, -0.15) is 0 Å². The molecule has 3 atom stereocenters. The highest BCUT2D eigenvalue weighted by Gasteiger charge is 2.52. The third-order valence-electron chi connectivity index (χ3n) is 7.74. The van der Waals surface area contributed by atoms with Crippen LogP contribution in [0.3, 0.4) is 0 Å². The van der Waals surface area contributed by atoms with Crippen LogP contribution >= 0.6 is 11.3 Å². The van der Waals surface area contributed by atoms with Gasteiger partial charge < -0.3 is 19.5 Å². The van der Waals surface area contributed by atoms with Gasteiger partial charge in [0.2, 0.25) is 11.8 Å². The highest BCUT2D eigenvalue weighted by atomic mass is 32.1. The van der Waals surface area contributed by atoms with Crippen LogP contribution in [0.5, 0.6) is 0 Å². The van der Waals surface area contributed by atoms with E-state index < -0.39 is 18.0 Å². The summed E-state index contributed by atoms with van der Waals surface area (Å²) in [7, 11) is 0. The Bertz CT molecular complexity index is 1580. The second kappa shape index (κ2) is 10.7. The number of hydrogen-bond acceptors (Lipinski definition) is 7. The number of ketones is 1. The summed E-state index contributed by atoms with van der Waals surface area (Å²) in [6, 6.07) is 12.8. The maximum Gasteiger partial charge on any atom is 0.287 e. The number of aromatic nitrogens is 1. The molecule has 2 fully saturated rings. The smallest absolute Gasteiger partial charge is 0.287 e. The Labute approximate surface area is 234 Å². The zero-order valence-corrected chi connectivity index (χ0v) is 22.7. The summed E-state index contributed by atoms with van der Waals surface area (Å²) in [6.07, 6.45) is 4.22. The lowest BCUT2D eigenvalue weighted by atomic mass is 10.1. The predicted molar refractivity (Wildman–Crippen MR) is 149 cm³/mol. The third-order valence-corrected chi connectivity index (χ3v) is 8.64. The van der Waals surface area contributed by atoms with Gasteiger partial charge in [0.1, 0.15) is 17.7 Å². The Morgan fingerprint density at radius 1 is 1.12 bits per heavy atom. The fraction of sp³-hybridized carbons (Fsp3) is 0.300. The van der Waals surface area contributed by atoms with Crippen LogP contribution < -0.4 is 5.32 Å². The molecule has 9 nitrogen and oxygen atoms in total. The number of pyridine rings is 1. The SMILES string of the molecule is Cc1c(C(=O)NC(Cc2cccs2)C(=O)N2CCC3C2C(=O)CN3C(=O)Cc2cccnc2)oc2ccccc12. The molecule has 6 rings (SSSR count). The summed E-state index contributed by atoms with van der Waals surface area (Å²) in [5, 5.41) is 5.65. The lowest BCUT2D eigenvalue weighted by Gasteiger charge is -2.28. The van der Waals surface area contributed by atoms with Crippen molar-refractivity contribution >= 4 is 45.8 Å². The number of carbonyl (C=O) groups is 4. The maximum atomic E-state index is 14.0. The Morgan fingerprint density at radius 3 is 2.73 bits per heavy atom. The summed E-state index contributed by atoms with van der Waals surface area (Å²) in [6.45, 7) is 2.12. The molecule has 0 saturated carbocycles. The van der Waals surface area contributed by atoms with Gasteiger partial charge in [0.25, 0.3) is 5.91 Å². The number of thiophene rings is 1. The molecule has 1 N–H and O–H groups in total. The topological polar surface area (TPSA) is 113 Å². The quantitative estimate of drug-likeness (QED) is 0.374. The van der Waals surface area contributed by atoms with Gasteiger partial charge >= 0.3 is 0 Å². The summed E-state index contributed by atoms with van der Waals surface area (Å²) in [5.41, 5.74) is 2.07. The molecule has 3 unspecified atom stereocenters. The van der Waals surface area contributed by atoms with E-state index in [9.17, 15) is 19.2 Å². The highest BCUT2D eigenvalue weighted by Crippen LogP contribution is 2.31. The van der Waals surface area contributed by atoms with Crippen LogP contribution in [0.1, 0.15) is 33.0 Å². The van der Waals surface area contributed by atoms with Crippen LogP contribution in [-0.4, -0.2) is 69.5 Å². The van der Waals surface area contributed by atoms with Crippen molar-refractivity contribution in [2.24, 2.45) is 0 Å². The van der Waals surface area contributed by atoms with Crippen molar-refractivity contribution in [1.82, 2.24) is 20.1 Å². The van der Waals surface area contributed by atoms with E-state index in [4.69, 9.17) is 4.42 Å². The first-order chi connectivity index (χ1) is 19.4. The maximum absolute atomic E-state index is 14.0. The van der Waals surface area contributed by atoms with E-state index in [2.05, 4.69) is 10.3 Å². The Hall–Kier alpha value is -4.31. The van der Waals surface area contributed by atoms with Crippen molar-refractivity contribution in [1.29, 1.82) is 0 Å². The van der Waals surface area contributed by atoms with E-state index in [0.29, 0.717) is 24.1 Å². The van der Waals surface area contributed by atoms with E-state index in [-0.39, 0.29) is 48.8 Å². The van der Waals surface area contributed by atoms with Crippen molar-refractivity contribution < 1.29 is 23.6 Å². The first-order valence-corrected chi connectivity index (χ1v) is 14.1. The number of amides is 3. The summed E-state index contributed by atoms with van der Waals surface area (Å²) in [5.74, 6) is -0.978. The molecule has 2 aliphatic heterocycles. The number of para-hydroxylation sites is 1. The molecule has 5 heterocycles. The van der Waals surface area contributed by atoms with Gasteiger partial charge in [-0.05, 0) is 42.5 Å². The lowest BCUT2D eigenvalue weighted by Crippen LogP contribution is -2.53. The van der Waals surface area contributed by atoms with Crippen molar-refractivity contribution in [3.8, 4) is 0 Å². The standard InChI is InChI=1S/C30H28N4O5S/c1-18-21-8-2-3-9-25(21)39-28(18)29(37)32-22(15-20-7-5-13-40-20)30(38)33-12-10-23-27(33)24(35)17-34(23)26(36)14-19-6-4-11-31-16-19/h2-9,11,13,16,22-23,27H,10,12,14-15,17H2,1H3,(H,32,37). The van der Waals surface area contributed by atoms with Crippen LogP contribution in [0, 0.1) is 6.92 Å². The molecule has 10 heteroatoms. The first kappa shape index (κ1) is 25.9. The molecule has 2 saturated heterocycles. The Kier molecular flexibility index (Phi) is 6.93. The fourth-order valence-electron chi connectivity index (χ4n) is 5.81. The zero-order valence-electron chi connectivity index (χ0n) is 21.9. The molecule has 40 heavy (non-hydrogen) atoms. The third kappa shape index (κ3) is 4.79. The van der Waals surface area contributed by atoms with Crippen molar-refractivity contribution in [3.63, 3.8) is 0 Å². The second-order valence-corrected chi connectivity index (χ2v) is 11.3. The van der Waals surface area contributed by atoms with Crippen LogP contribution in [0.15, 0.2) is 70.7 Å². The molecular formula is C30H28N4O5S. The van der Waals surface area contributed by atoms with Crippen LogP contribution in [0.4, 0.5) is 0 Å². The molecule has 4 aromatic rings. The predicted octanol–water partition coefficient (Wildman–Crippen LogP) is 3.16. The van der Waals surface area contributed by atoms with Gasteiger partial charge in [-0.25, -0.2) is 0 Å². The molecule has 0 bridgehead atoms. The van der Waals surface area contributed by atoms with Crippen molar-refractivity contribution in [2.75, 3.05) is 13.1 Å². The van der Waals surface area contributed by atoms with Gasteiger partial charge in [-0.15, -0.1) is 11.3 Å². The number of Topliss-reactive ketones (excluding diaryl/α,β-unsaturated/α-hetero) is 1. The minimum absolute atomic E-state index is 0.0294. The number of likely N-dealkylation sites (tertiary alicyclic amines) is 2. The largest absolute Gasteiger partial charge is 0.451 e. The summed E-state index contributed by atoms with van der Waals surface area (Å²) in [4.78, 5) is 61.8. The summed E-state index contributed by atoms with van der Waals surface area (Å²) >= 11 is 1.50. The number of benzene rings is 1. The van der Waals surface area contributed by atoms with E-state index in [1.165, 1.54) is 11.3 Å². The molecular weight excluding hydrogens is 528 g/mol. The monoisotopic (exact) mass is 556 g/mol. The Balaban J connectivity index is 1.22. The van der Waals surface area contributed by atoms with Gasteiger partial charge in [0.05, 0.1) is 19.0 Å². The molecule has 3 amide bonds. The van der Waals surface area contributed by atoms with Gasteiger partial charge in [0.15, 0.2) is 11.5 Å². The molecule has 0 radical (unpaired) electrons. The summed E-state index contributed by atoms with van der Waals surface area (Å²) < 4.78 is 5.84. The van der Waals surface area contributed by atoms with Gasteiger partial charge in [-0.3, -0.25) is 24.2 Å². The van der Waals surface area contributed by atoms with Crippen LogP contribution in [-0.2, 0) is 27.2 Å². The van der Waals surface area contributed by atoms with E-state index in [1.54, 1.807) is 34.3 Å². The number of fused-ring (bicyclic) bond motifs is 2. The molecule has 2 aliphatic rings. The number of carbonyl (C=O) groups excluding carboxylic acids is 4. The average molecular weight is 557 g/mol. The van der Waals surface area contributed by atoms with Crippen LogP contribution in [0.2, 0.25) is 0 Å². The van der Waals surface area contributed by atoms with Crippen molar-refractivity contribution in [3.05, 3.63) is 88.1 Å². The zero-order chi connectivity index (χ0) is 27.8. The molecule has 1 aromatic carbocycles. The second-order valence-electron chi connectivity index (χ2n) is 10.2. The number of aryl methyl sites for hydroxylation is 1. The number of hydrogen-bond donors (Lipinski definition) is 1. The minimum Gasteiger partial charge on any atom is -0.451 e. The first-order valence-electron chi connectivity index (χ1n) is 13.2. The number of furan rings is 1. The Morgan fingerprint density at radius 2 is 1.98 bits per heavy atom. The number of nitrogens with one attached hydrogen (secondary N) is 1. The molecule has 3 aromatic heterocycles. The molecule has 204 valence electrons. The molecule has 0 aliphatic carbocycles. The van der Waals surface area contributed by atoms with E-state index >= 15 is 0 Å². The van der Waals surface area contributed by atoms with Gasteiger partial charge in [0, 0.05) is 41.2 Å². The number of rotatable bonds is 7. The average Bonchev–Trinajstić information content (AvgIpc) is 3.75. The van der Waals surface area contributed by atoms with E-state index in [1.807, 2.05) is 48.7 Å². The van der Waals surface area contributed by atoms with Crippen molar-refractivity contribution in [2.45, 2.75) is 44.3 Å². The minimum atomic E-state index is -0.898. The van der Waals surface area contributed by atoms with E-state index in [0.717, 1.165) is 15.8 Å². The number of nitrogens with zero attached hydrogens (tertiary/aromatic N) is 3. The normalized spacial score (nSPS) is 19.2. The lowest BCUT2D eigenvalue weighted by molar-refractivity contribution is -0.138. The molecule has 0 spiro atoms. The fourth-order valence-corrected chi connectivity index (χ4v) is 6.57.